The van der Waals surface area contributed by atoms with Crippen LogP contribution in [-0.4, -0.2) is 42.6 Å². The molecule has 1 aliphatic rings. The molecule has 1 aliphatic heterocycles. The molecule has 1 atom stereocenters. The first-order valence-electron chi connectivity index (χ1n) is 7.48. The van der Waals surface area contributed by atoms with Crippen LogP contribution >= 0.6 is 0 Å². The van der Waals surface area contributed by atoms with E-state index in [4.69, 9.17) is 0 Å². The second-order valence-electron chi connectivity index (χ2n) is 5.29. The molecule has 1 unspecified atom stereocenters. The first-order valence-corrected chi connectivity index (χ1v) is 7.48. The van der Waals surface area contributed by atoms with Crippen molar-refractivity contribution in [1.29, 1.82) is 0 Å². The Labute approximate surface area is 116 Å². The number of anilines is 2. The zero-order valence-corrected chi connectivity index (χ0v) is 12.2. The van der Waals surface area contributed by atoms with Crippen LogP contribution in [0, 0.1) is 5.92 Å². The van der Waals surface area contributed by atoms with Gasteiger partial charge in [0.1, 0.15) is 5.82 Å². The van der Waals surface area contributed by atoms with Gasteiger partial charge in [0, 0.05) is 37.6 Å². The largest absolute Gasteiger partial charge is 0.385 e. The summed E-state index contributed by atoms with van der Waals surface area (Å²) >= 11 is 0. The molecule has 1 aromatic rings. The molecule has 2 heterocycles. The lowest BCUT2D eigenvalue weighted by molar-refractivity contribution is 0.345. The van der Waals surface area contributed by atoms with Crippen LogP contribution in [0.25, 0.3) is 0 Å². The highest BCUT2D eigenvalue weighted by molar-refractivity contribution is 5.51. The van der Waals surface area contributed by atoms with Crippen molar-refractivity contribution in [2.24, 2.45) is 5.92 Å². The smallest absolute Gasteiger partial charge is 0.127 e. The standard InChI is InChI=1S/C15H26N4/c1-3-7-16-15-10-14(5-8-17-15)18-11-13-6-9-19(4-2)12-13/h5,8,10,13H,3-4,6-7,9,11-12H2,1-2H3,(H2,16,17,18). The summed E-state index contributed by atoms with van der Waals surface area (Å²) in [5.74, 6) is 1.74. The molecule has 0 bridgehead atoms. The Bertz CT molecular complexity index is 380. The number of hydrogen-bond donors (Lipinski definition) is 2. The summed E-state index contributed by atoms with van der Waals surface area (Å²) < 4.78 is 0. The molecule has 0 saturated carbocycles. The van der Waals surface area contributed by atoms with Crippen molar-refractivity contribution in [3.05, 3.63) is 18.3 Å². The molecule has 0 radical (unpaired) electrons. The topological polar surface area (TPSA) is 40.2 Å². The van der Waals surface area contributed by atoms with Gasteiger partial charge in [0.15, 0.2) is 0 Å². The normalized spacial score (nSPS) is 19.6. The summed E-state index contributed by atoms with van der Waals surface area (Å²) in [6.45, 7) is 10.1. The minimum absolute atomic E-state index is 0.778. The van der Waals surface area contributed by atoms with Crippen molar-refractivity contribution in [3.63, 3.8) is 0 Å². The Hall–Kier alpha value is -1.29. The molecule has 2 rings (SSSR count). The van der Waals surface area contributed by atoms with E-state index < -0.39 is 0 Å². The Morgan fingerprint density at radius 3 is 3.00 bits per heavy atom. The van der Waals surface area contributed by atoms with Crippen LogP contribution in [0.15, 0.2) is 18.3 Å². The van der Waals surface area contributed by atoms with Crippen molar-refractivity contribution in [2.75, 3.05) is 43.4 Å². The first kappa shape index (κ1) is 14.1. The highest BCUT2D eigenvalue weighted by Crippen LogP contribution is 2.18. The maximum absolute atomic E-state index is 4.32. The zero-order chi connectivity index (χ0) is 13.5. The van der Waals surface area contributed by atoms with E-state index in [2.05, 4.69) is 40.4 Å². The van der Waals surface area contributed by atoms with Crippen LogP contribution in [0.4, 0.5) is 11.5 Å². The molecule has 0 amide bonds. The van der Waals surface area contributed by atoms with Crippen LogP contribution in [-0.2, 0) is 0 Å². The van der Waals surface area contributed by atoms with E-state index in [1.54, 1.807) is 0 Å². The number of rotatable bonds is 7. The van der Waals surface area contributed by atoms with E-state index >= 15 is 0 Å². The summed E-state index contributed by atoms with van der Waals surface area (Å²) in [5.41, 5.74) is 1.17. The van der Waals surface area contributed by atoms with Crippen LogP contribution in [0.3, 0.4) is 0 Å². The minimum Gasteiger partial charge on any atom is -0.385 e. The molecule has 1 fully saturated rings. The molecule has 4 heteroatoms. The molecule has 1 aromatic heterocycles. The van der Waals surface area contributed by atoms with Gasteiger partial charge >= 0.3 is 0 Å². The highest BCUT2D eigenvalue weighted by Gasteiger charge is 2.20. The van der Waals surface area contributed by atoms with Gasteiger partial charge in [-0.25, -0.2) is 4.98 Å². The first-order chi connectivity index (χ1) is 9.31. The molecular weight excluding hydrogens is 236 g/mol. The van der Waals surface area contributed by atoms with Crippen molar-refractivity contribution in [3.8, 4) is 0 Å². The SMILES string of the molecule is CCCNc1cc(NCC2CCN(CC)C2)ccn1. The van der Waals surface area contributed by atoms with Crippen LogP contribution in [0.2, 0.25) is 0 Å². The summed E-state index contributed by atoms with van der Waals surface area (Å²) in [7, 11) is 0. The van der Waals surface area contributed by atoms with Crippen molar-refractivity contribution in [1.82, 2.24) is 9.88 Å². The Morgan fingerprint density at radius 1 is 1.37 bits per heavy atom. The fourth-order valence-corrected chi connectivity index (χ4v) is 2.52. The molecule has 0 aliphatic carbocycles. The monoisotopic (exact) mass is 262 g/mol. The summed E-state index contributed by atoms with van der Waals surface area (Å²) in [5, 5.41) is 6.86. The molecule has 19 heavy (non-hydrogen) atoms. The third-order valence-corrected chi connectivity index (χ3v) is 3.73. The molecule has 2 N–H and O–H groups in total. The van der Waals surface area contributed by atoms with E-state index in [-0.39, 0.29) is 0 Å². The second-order valence-corrected chi connectivity index (χ2v) is 5.29. The lowest BCUT2D eigenvalue weighted by Crippen LogP contribution is -2.22. The summed E-state index contributed by atoms with van der Waals surface area (Å²) in [4.78, 5) is 6.84. The van der Waals surface area contributed by atoms with Crippen molar-refractivity contribution in [2.45, 2.75) is 26.7 Å². The number of nitrogens with one attached hydrogen (secondary N) is 2. The van der Waals surface area contributed by atoms with E-state index in [1.807, 2.05) is 12.3 Å². The maximum atomic E-state index is 4.32. The van der Waals surface area contributed by atoms with Crippen LogP contribution < -0.4 is 10.6 Å². The number of aromatic nitrogens is 1. The number of pyridine rings is 1. The van der Waals surface area contributed by atoms with Crippen molar-refractivity contribution >= 4 is 11.5 Å². The average Bonchev–Trinajstić information content (AvgIpc) is 2.91. The van der Waals surface area contributed by atoms with Gasteiger partial charge in [-0.15, -0.1) is 0 Å². The van der Waals surface area contributed by atoms with E-state index in [0.717, 1.165) is 31.2 Å². The molecule has 1 saturated heterocycles. The number of nitrogens with zero attached hydrogens (tertiary/aromatic N) is 2. The minimum atomic E-state index is 0.778. The van der Waals surface area contributed by atoms with Gasteiger partial charge in [0.25, 0.3) is 0 Å². The molecule has 4 nitrogen and oxygen atoms in total. The molecule has 106 valence electrons. The molecular formula is C15H26N4. The highest BCUT2D eigenvalue weighted by atomic mass is 15.1. The van der Waals surface area contributed by atoms with Crippen LogP contribution in [0.1, 0.15) is 26.7 Å². The Balaban J connectivity index is 1.79. The lowest BCUT2D eigenvalue weighted by atomic mass is 10.1. The zero-order valence-electron chi connectivity index (χ0n) is 12.2. The third kappa shape index (κ3) is 4.39. The second kappa shape index (κ2) is 7.34. The van der Waals surface area contributed by atoms with Crippen LogP contribution in [0.5, 0.6) is 0 Å². The van der Waals surface area contributed by atoms with Gasteiger partial charge in [0.2, 0.25) is 0 Å². The fraction of sp³-hybridized carbons (Fsp3) is 0.667. The average molecular weight is 262 g/mol. The van der Waals surface area contributed by atoms with E-state index in [1.165, 1.54) is 31.7 Å². The van der Waals surface area contributed by atoms with Gasteiger partial charge in [-0.05, 0) is 37.9 Å². The quantitative estimate of drug-likeness (QED) is 0.792. The summed E-state index contributed by atoms with van der Waals surface area (Å²) in [6.07, 6.45) is 4.30. The Morgan fingerprint density at radius 2 is 2.26 bits per heavy atom. The maximum Gasteiger partial charge on any atom is 0.127 e. The van der Waals surface area contributed by atoms with Gasteiger partial charge < -0.3 is 15.5 Å². The fourth-order valence-electron chi connectivity index (χ4n) is 2.52. The Kier molecular flexibility index (Phi) is 5.45. The van der Waals surface area contributed by atoms with Gasteiger partial charge in [0.05, 0.1) is 0 Å². The van der Waals surface area contributed by atoms with E-state index in [9.17, 15) is 0 Å². The van der Waals surface area contributed by atoms with Gasteiger partial charge in [-0.3, -0.25) is 0 Å². The number of likely N-dealkylation sites (tertiary alicyclic amines) is 1. The van der Waals surface area contributed by atoms with Gasteiger partial charge in [-0.2, -0.15) is 0 Å². The van der Waals surface area contributed by atoms with Crippen molar-refractivity contribution < 1.29 is 0 Å². The molecule has 0 aromatic carbocycles. The van der Waals surface area contributed by atoms with E-state index in [0.29, 0.717) is 0 Å². The predicted octanol–water partition coefficient (Wildman–Crippen LogP) is 2.66. The summed E-state index contributed by atoms with van der Waals surface area (Å²) in [6, 6.07) is 4.14. The van der Waals surface area contributed by atoms with Gasteiger partial charge in [-0.1, -0.05) is 13.8 Å². The molecule has 0 spiro atoms. The lowest BCUT2D eigenvalue weighted by Gasteiger charge is -2.15. The predicted molar refractivity (Wildman–Crippen MR) is 81.7 cm³/mol. The third-order valence-electron chi connectivity index (χ3n) is 3.73. The number of hydrogen-bond acceptors (Lipinski definition) is 4.